The Labute approximate surface area is 104 Å². The van der Waals surface area contributed by atoms with Crippen molar-refractivity contribution in [1.82, 2.24) is 10.6 Å². The Balaban J connectivity index is 2.16. The number of hydrogen-bond donors (Lipinski definition) is 3. The van der Waals surface area contributed by atoms with Crippen LogP contribution in [0.25, 0.3) is 0 Å². The van der Waals surface area contributed by atoms with Crippen molar-refractivity contribution in [3.05, 3.63) is 0 Å². The van der Waals surface area contributed by atoms with Crippen LogP contribution in [0.5, 0.6) is 0 Å². The molecule has 2 amide bonds. The predicted octanol–water partition coefficient (Wildman–Crippen LogP) is 2.03. The first-order valence-electron chi connectivity index (χ1n) is 6.83. The van der Waals surface area contributed by atoms with Crippen molar-refractivity contribution in [2.45, 2.75) is 58.0 Å². The molecule has 1 saturated carbocycles. The van der Waals surface area contributed by atoms with Crippen molar-refractivity contribution >= 4 is 6.03 Å². The number of nitrogens with one attached hydrogen (secondary N) is 2. The number of urea groups is 1. The van der Waals surface area contributed by atoms with Crippen LogP contribution in [0, 0.1) is 5.92 Å². The molecule has 3 N–H and O–H groups in total. The number of carbonyl (C=O) groups is 1. The molecule has 0 heterocycles. The van der Waals surface area contributed by atoms with Crippen LogP contribution >= 0.6 is 0 Å². The fourth-order valence-corrected chi connectivity index (χ4v) is 2.33. The molecule has 0 aromatic rings. The molecule has 1 rings (SSSR count). The van der Waals surface area contributed by atoms with Crippen LogP contribution in [-0.4, -0.2) is 29.8 Å². The van der Waals surface area contributed by atoms with E-state index in [-0.39, 0.29) is 6.03 Å². The van der Waals surface area contributed by atoms with Gasteiger partial charge < -0.3 is 15.7 Å². The SMILES string of the molecule is CCC(CC)CNC(=O)NCC1(O)CCCC1. The second-order valence-electron chi connectivity index (χ2n) is 5.18. The first-order valence-corrected chi connectivity index (χ1v) is 6.83. The van der Waals surface area contributed by atoms with E-state index >= 15 is 0 Å². The summed E-state index contributed by atoms with van der Waals surface area (Å²) < 4.78 is 0. The van der Waals surface area contributed by atoms with E-state index in [0.29, 0.717) is 12.5 Å². The van der Waals surface area contributed by atoms with Crippen LogP contribution in [0.3, 0.4) is 0 Å². The Bertz CT molecular complexity index is 234. The minimum absolute atomic E-state index is 0.155. The number of carbonyl (C=O) groups excluding carboxylic acids is 1. The molecule has 0 aromatic heterocycles. The van der Waals surface area contributed by atoms with E-state index < -0.39 is 5.60 Å². The highest BCUT2D eigenvalue weighted by molar-refractivity contribution is 5.73. The van der Waals surface area contributed by atoms with Gasteiger partial charge in [-0.3, -0.25) is 0 Å². The summed E-state index contributed by atoms with van der Waals surface area (Å²) in [7, 11) is 0. The van der Waals surface area contributed by atoms with Crippen molar-refractivity contribution in [3.8, 4) is 0 Å². The summed E-state index contributed by atoms with van der Waals surface area (Å²) >= 11 is 0. The molecule has 100 valence electrons. The van der Waals surface area contributed by atoms with Crippen molar-refractivity contribution in [2.24, 2.45) is 5.92 Å². The Morgan fingerprint density at radius 2 is 1.82 bits per heavy atom. The molecule has 0 saturated heterocycles. The van der Waals surface area contributed by atoms with E-state index in [1.54, 1.807) is 0 Å². The zero-order valence-electron chi connectivity index (χ0n) is 11.1. The van der Waals surface area contributed by atoms with Gasteiger partial charge in [-0.25, -0.2) is 4.79 Å². The number of amides is 2. The van der Waals surface area contributed by atoms with E-state index in [4.69, 9.17) is 0 Å². The second-order valence-corrected chi connectivity index (χ2v) is 5.18. The molecule has 17 heavy (non-hydrogen) atoms. The third-order valence-corrected chi connectivity index (χ3v) is 3.82. The molecule has 0 aliphatic heterocycles. The summed E-state index contributed by atoms with van der Waals surface area (Å²) in [5.41, 5.74) is -0.660. The quantitative estimate of drug-likeness (QED) is 0.667. The Hall–Kier alpha value is -0.770. The smallest absolute Gasteiger partial charge is 0.314 e. The van der Waals surface area contributed by atoms with Gasteiger partial charge in [0.25, 0.3) is 0 Å². The molecule has 1 aliphatic carbocycles. The van der Waals surface area contributed by atoms with Crippen molar-refractivity contribution in [3.63, 3.8) is 0 Å². The minimum atomic E-state index is -0.660. The van der Waals surface area contributed by atoms with Gasteiger partial charge >= 0.3 is 6.03 Å². The van der Waals surface area contributed by atoms with Crippen LogP contribution in [0.15, 0.2) is 0 Å². The minimum Gasteiger partial charge on any atom is -0.388 e. The van der Waals surface area contributed by atoms with E-state index in [9.17, 15) is 9.90 Å². The lowest BCUT2D eigenvalue weighted by molar-refractivity contribution is 0.0501. The predicted molar refractivity (Wildman–Crippen MR) is 68.9 cm³/mol. The average Bonchev–Trinajstić information content (AvgIpc) is 2.75. The highest BCUT2D eigenvalue weighted by Gasteiger charge is 2.31. The average molecular weight is 242 g/mol. The zero-order valence-corrected chi connectivity index (χ0v) is 11.1. The summed E-state index contributed by atoms with van der Waals surface area (Å²) in [5, 5.41) is 15.7. The topological polar surface area (TPSA) is 61.4 Å². The molecule has 0 unspecified atom stereocenters. The largest absolute Gasteiger partial charge is 0.388 e. The number of aliphatic hydroxyl groups is 1. The van der Waals surface area contributed by atoms with Crippen LogP contribution in [0.4, 0.5) is 4.79 Å². The van der Waals surface area contributed by atoms with Crippen molar-refractivity contribution < 1.29 is 9.90 Å². The lowest BCUT2D eigenvalue weighted by Gasteiger charge is -2.22. The van der Waals surface area contributed by atoms with Gasteiger partial charge in [0, 0.05) is 13.1 Å². The number of rotatable bonds is 6. The maximum atomic E-state index is 11.5. The van der Waals surface area contributed by atoms with Gasteiger partial charge in [-0.05, 0) is 18.8 Å². The molecule has 1 fully saturated rings. The first-order chi connectivity index (χ1) is 8.09. The zero-order chi connectivity index (χ0) is 12.7. The van der Waals surface area contributed by atoms with E-state index in [1.807, 2.05) is 0 Å². The Morgan fingerprint density at radius 3 is 2.35 bits per heavy atom. The van der Waals surface area contributed by atoms with E-state index in [1.165, 1.54) is 0 Å². The standard InChI is InChI=1S/C13H26N2O2/c1-3-11(4-2)9-14-12(16)15-10-13(17)7-5-6-8-13/h11,17H,3-10H2,1-2H3,(H2,14,15,16). The van der Waals surface area contributed by atoms with E-state index in [2.05, 4.69) is 24.5 Å². The molecule has 4 nitrogen and oxygen atoms in total. The Morgan fingerprint density at radius 1 is 1.24 bits per heavy atom. The van der Waals surface area contributed by atoms with Gasteiger partial charge in [0.05, 0.1) is 5.60 Å². The van der Waals surface area contributed by atoms with Gasteiger partial charge in [-0.2, -0.15) is 0 Å². The van der Waals surface area contributed by atoms with Crippen molar-refractivity contribution in [1.29, 1.82) is 0 Å². The van der Waals surface area contributed by atoms with Gasteiger partial charge in [-0.1, -0.05) is 39.5 Å². The van der Waals surface area contributed by atoms with Crippen LogP contribution < -0.4 is 10.6 Å². The lowest BCUT2D eigenvalue weighted by atomic mass is 10.0. The summed E-state index contributed by atoms with van der Waals surface area (Å²) in [4.78, 5) is 11.5. The summed E-state index contributed by atoms with van der Waals surface area (Å²) in [6, 6.07) is -0.155. The monoisotopic (exact) mass is 242 g/mol. The fourth-order valence-electron chi connectivity index (χ4n) is 2.33. The molecule has 0 spiro atoms. The second kappa shape index (κ2) is 6.84. The highest BCUT2D eigenvalue weighted by atomic mass is 16.3. The summed E-state index contributed by atoms with van der Waals surface area (Å²) in [5.74, 6) is 0.551. The lowest BCUT2D eigenvalue weighted by Crippen LogP contribution is -2.45. The van der Waals surface area contributed by atoms with Crippen LogP contribution in [0.2, 0.25) is 0 Å². The summed E-state index contributed by atoms with van der Waals surface area (Å²) in [6.07, 6.45) is 5.90. The normalized spacial score (nSPS) is 18.4. The van der Waals surface area contributed by atoms with Gasteiger partial charge in [0.1, 0.15) is 0 Å². The highest BCUT2D eigenvalue weighted by Crippen LogP contribution is 2.28. The Kier molecular flexibility index (Phi) is 5.75. The third-order valence-electron chi connectivity index (χ3n) is 3.82. The van der Waals surface area contributed by atoms with Crippen LogP contribution in [0.1, 0.15) is 52.4 Å². The van der Waals surface area contributed by atoms with Gasteiger partial charge in [0.15, 0.2) is 0 Å². The molecule has 0 aromatic carbocycles. The molecular formula is C13H26N2O2. The number of hydrogen-bond acceptors (Lipinski definition) is 2. The third kappa shape index (κ3) is 4.94. The van der Waals surface area contributed by atoms with Crippen LogP contribution in [-0.2, 0) is 0 Å². The molecule has 0 radical (unpaired) electrons. The molecule has 0 bridgehead atoms. The first kappa shape index (κ1) is 14.3. The summed E-state index contributed by atoms with van der Waals surface area (Å²) in [6.45, 7) is 5.36. The molecule has 0 atom stereocenters. The molecule has 1 aliphatic rings. The molecule has 4 heteroatoms. The van der Waals surface area contributed by atoms with Crippen molar-refractivity contribution in [2.75, 3.05) is 13.1 Å². The van der Waals surface area contributed by atoms with E-state index in [0.717, 1.165) is 45.1 Å². The molecular weight excluding hydrogens is 216 g/mol. The van der Waals surface area contributed by atoms with Gasteiger partial charge in [-0.15, -0.1) is 0 Å². The van der Waals surface area contributed by atoms with Gasteiger partial charge in [0.2, 0.25) is 0 Å². The maximum Gasteiger partial charge on any atom is 0.314 e. The fraction of sp³-hybridized carbons (Fsp3) is 0.923. The maximum absolute atomic E-state index is 11.5.